The Balaban J connectivity index is 2.33. The molecule has 0 bridgehead atoms. The van der Waals surface area contributed by atoms with E-state index in [2.05, 4.69) is 5.32 Å². The maximum absolute atomic E-state index is 12.6. The number of amides is 1. The van der Waals surface area contributed by atoms with Crippen molar-refractivity contribution in [2.24, 2.45) is 0 Å². The highest BCUT2D eigenvalue weighted by Crippen LogP contribution is 2.24. The van der Waals surface area contributed by atoms with Crippen LogP contribution < -0.4 is 10.1 Å². The molecule has 1 N–H and O–H groups in total. The standard InChI is InChI=1S/C16H13Cl2NO4S/c1-23-12-9-7-11(8-10-12)15(20)19-16(14(17)18)24(21,22)13-5-3-2-4-6-13/h2-10H,1H3,(H,19,20). The number of carbonyl (C=O) groups is 1. The van der Waals surface area contributed by atoms with Crippen LogP contribution in [-0.2, 0) is 9.84 Å². The minimum Gasteiger partial charge on any atom is -0.497 e. The van der Waals surface area contributed by atoms with E-state index < -0.39 is 25.3 Å². The van der Waals surface area contributed by atoms with E-state index in [0.717, 1.165) is 0 Å². The van der Waals surface area contributed by atoms with Crippen LogP contribution in [0.4, 0.5) is 0 Å². The third-order valence-electron chi connectivity index (χ3n) is 3.07. The fraction of sp³-hybridized carbons (Fsp3) is 0.0625. The third-order valence-corrected chi connectivity index (χ3v) is 5.41. The largest absolute Gasteiger partial charge is 0.497 e. The van der Waals surface area contributed by atoms with Crippen molar-refractivity contribution in [1.29, 1.82) is 0 Å². The predicted octanol–water partition coefficient (Wildman–Crippen LogP) is 3.50. The number of methoxy groups -OCH3 is 1. The van der Waals surface area contributed by atoms with Crippen molar-refractivity contribution < 1.29 is 17.9 Å². The van der Waals surface area contributed by atoms with Crippen molar-refractivity contribution in [2.75, 3.05) is 7.11 Å². The molecule has 2 aromatic carbocycles. The Bertz CT molecular complexity index is 859. The van der Waals surface area contributed by atoms with Crippen LogP contribution in [-0.4, -0.2) is 21.4 Å². The lowest BCUT2D eigenvalue weighted by molar-refractivity contribution is 0.0968. The number of sulfone groups is 1. The van der Waals surface area contributed by atoms with E-state index in [1.54, 1.807) is 30.3 Å². The molecule has 2 rings (SSSR count). The average molecular weight is 386 g/mol. The van der Waals surface area contributed by atoms with Gasteiger partial charge in [0.05, 0.1) is 12.0 Å². The third kappa shape index (κ3) is 4.08. The maximum Gasteiger partial charge on any atom is 0.256 e. The molecule has 0 saturated heterocycles. The van der Waals surface area contributed by atoms with Gasteiger partial charge in [-0.05, 0) is 36.4 Å². The van der Waals surface area contributed by atoms with Crippen LogP contribution in [0.2, 0.25) is 0 Å². The number of hydrogen-bond acceptors (Lipinski definition) is 4. The zero-order chi connectivity index (χ0) is 17.7. The molecule has 2 aromatic rings. The van der Waals surface area contributed by atoms with Crippen LogP contribution in [0.15, 0.2) is 69.0 Å². The molecule has 126 valence electrons. The van der Waals surface area contributed by atoms with E-state index in [1.165, 1.54) is 31.4 Å². The van der Waals surface area contributed by atoms with Crippen molar-refractivity contribution in [3.8, 4) is 5.75 Å². The smallest absolute Gasteiger partial charge is 0.256 e. The number of benzene rings is 2. The summed E-state index contributed by atoms with van der Waals surface area (Å²) in [4.78, 5) is 12.2. The van der Waals surface area contributed by atoms with Gasteiger partial charge >= 0.3 is 0 Å². The van der Waals surface area contributed by atoms with Gasteiger partial charge in [-0.25, -0.2) is 8.42 Å². The number of nitrogens with one attached hydrogen (secondary N) is 1. The monoisotopic (exact) mass is 385 g/mol. The molecule has 1 amide bonds. The van der Waals surface area contributed by atoms with Crippen LogP contribution in [0.3, 0.4) is 0 Å². The van der Waals surface area contributed by atoms with Crippen LogP contribution in [0, 0.1) is 0 Å². The Kier molecular flexibility index (Phi) is 5.88. The molecule has 0 aliphatic rings. The van der Waals surface area contributed by atoms with Crippen molar-refractivity contribution in [3.63, 3.8) is 0 Å². The summed E-state index contributed by atoms with van der Waals surface area (Å²) in [6.45, 7) is 0. The first kappa shape index (κ1) is 18.3. The molecular formula is C16H13Cl2NO4S. The fourth-order valence-corrected chi connectivity index (χ4v) is 3.74. The lowest BCUT2D eigenvalue weighted by Crippen LogP contribution is -2.28. The average Bonchev–Trinajstić information content (AvgIpc) is 2.59. The SMILES string of the molecule is COc1ccc(C(=O)NC(=C(Cl)Cl)S(=O)(=O)c2ccccc2)cc1. The van der Waals surface area contributed by atoms with Crippen LogP contribution in [0.25, 0.3) is 0 Å². The number of hydrogen-bond donors (Lipinski definition) is 1. The molecule has 0 aliphatic carbocycles. The van der Waals surface area contributed by atoms with Crippen LogP contribution >= 0.6 is 23.2 Å². The summed E-state index contributed by atoms with van der Waals surface area (Å²) >= 11 is 11.4. The van der Waals surface area contributed by atoms with Gasteiger partial charge in [0.1, 0.15) is 10.2 Å². The van der Waals surface area contributed by atoms with E-state index in [9.17, 15) is 13.2 Å². The quantitative estimate of drug-likeness (QED) is 0.854. The van der Waals surface area contributed by atoms with Crippen LogP contribution in [0.5, 0.6) is 5.75 Å². The highest BCUT2D eigenvalue weighted by Gasteiger charge is 2.26. The van der Waals surface area contributed by atoms with Gasteiger partial charge in [0.2, 0.25) is 9.84 Å². The highest BCUT2D eigenvalue weighted by atomic mass is 35.5. The molecule has 0 aliphatic heterocycles. The number of ether oxygens (including phenoxy) is 1. The van der Waals surface area contributed by atoms with Gasteiger partial charge in [-0.15, -0.1) is 0 Å². The summed E-state index contributed by atoms with van der Waals surface area (Å²) in [6.07, 6.45) is 0. The molecule has 5 nitrogen and oxygen atoms in total. The summed E-state index contributed by atoms with van der Waals surface area (Å²) in [7, 11) is -2.56. The first-order chi connectivity index (χ1) is 11.4. The normalized spacial score (nSPS) is 10.8. The molecular weight excluding hydrogens is 373 g/mol. The van der Waals surface area contributed by atoms with E-state index in [-0.39, 0.29) is 10.5 Å². The van der Waals surface area contributed by atoms with Crippen LogP contribution in [0.1, 0.15) is 10.4 Å². The topological polar surface area (TPSA) is 72.5 Å². The molecule has 0 spiro atoms. The molecule has 0 saturated carbocycles. The molecule has 8 heteroatoms. The van der Waals surface area contributed by atoms with Gasteiger partial charge in [-0.2, -0.15) is 0 Å². The second kappa shape index (κ2) is 7.70. The van der Waals surface area contributed by atoms with Gasteiger partial charge in [-0.1, -0.05) is 41.4 Å². The lowest BCUT2D eigenvalue weighted by Gasteiger charge is -2.11. The Morgan fingerprint density at radius 2 is 1.58 bits per heavy atom. The van der Waals surface area contributed by atoms with E-state index in [1.807, 2.05) is 0 Å². The van der Waals surface area contributed by atoms with E-state index in [0.29, 0.717) is 5.75 Å². The van der Waals surface area contributed by atoms with Crippen molar-refractivity contribution in [1.82, 2.24) is 5.32 Å². The second-order valence-electron chi connectivity index (χ2n) is 4.59. The van der Waals surface area contributed by atoms with Crippen molar-refractivity contribution >= 4 is 38.9 Å². The van der Waals surface area contributed by atoms with Crippen molar-refractivity contribution in [3.05, 3.63) is 69.7 Å². The Morgan fingerprint density at radius 3 is 2.08 bits per heavy atom. The molecule has 24 heavy (non-hydrogen) atoms. The summed E-state index contributed by atoms with van der Waals surface area (Å²) in [6, 6.07) is 13.7. The van der Waals surface area contributed by atoms with E-state index >= 15 is 0 Å². The number of rotatable bonds is 5. The zero-order valence-corrected chi connectivity index (χ0v) is 14.8. The summed E-state index contributed by atoms with van der Waals surface area (Å²) in [5.41, 5.74) is 0.228. The van der Waals surface area contributed by atoms with Gasteiger partial charge in [-0.3, -0.25) is 4.79 Å². The molecule has 0 fully saturated rings. The van der Waals surface area contributed by atoms with E-state index in [4.69, 9.17) is 27.9 Å². The molecule has 0 atom stereocenters. The Morgan fingerprint density at radius 1 is 1.00 bits per heavy atom. The Hall–Kier alpha value is -2.02. The highest BCUT2D eigenvalue weighted by molar-refractivity contribution is 7.95. The zero-order valence-electron chi connectivity index (χ0n) is 12.5. The van der Waals surface area contributed by atoms with Crippen molar-refractivity contribution in [2.45, 2.75) is 4.90 Å². The summed E-state index contributed by atoms with van der Waals surface area (Å²) < 4.78 is 29.6. The predicted molar refractivity (Wildman–Crippen MR) is 92.8 cm³/mol. The molecule has 0 aromatic heterocycles. The minimum absolute atomic E-state index is 0.0335. The maximum atomic E-state index is 12.6. The van der Waals surface area contributed by atoms with Gasteiger partial charge in [0.25, 0.3) is 5.91 Å². The summed E-state index contributed by atoms with van der Waals surface area (Å²) in [5, 5.41) is 1.69. The number of carbonyl (C=O) groups excluding carboxylic acids is 1. The molecule has 0 heterocycles. The van der Waals surface area contributed by atoms with Gasteiger partial charge in [0.15, 0.2) is 5.03 Å². The minimum atomic E-state index is -4.06. The second-order valence-corrected chi connectivity index (χ2v) is 7.42. The first-order valence-corrected chi connectivity index (χ1v) is 8.91. The molecule has 0 unspecified atom stereocenters. The number of halogens is 2. The lowest BCUT2D eigenvalue weighted by atomic mass is 10.2. The molecule has 0 radical (unpaired) electrons. The van der Waals surface area contributed by atoms with Gasteiger partial charge in [0, 0.05) is 5.56 Å². The first-order valence-electron chi connectivity index (χ1n) is 6.67. The Labute approximate surface area is 149 Å². The van der Waals surface area contributed by atoms with Gasteiger partial charge < -0.3 is 10.1 Å². The fourth-order valence-electron chi connectivity index (χ4n) is 1.85. The summed E-state index contributed by atoms with van der Waals surface area (Å²) in [5.74, 6) is -0.0967.